The Morgan fingerprint density at radius 1 is 0.750 bits per heavy atom. The standard InChI is InChI=1S/C37H56O6Si/c1-9-10-13-18-29-25-30(41-36(5,6)40-29)23-28(38)24-31-26-32(43-37(7,8)42-31)27-39-44(35(2,3)4,33-19-14-11-15-20-33)34-21-16-12-17-22-34/h11-12,14-17,19-22,29-32H,9-10,13,18,23-27H2,1-8H3/t29-,30+,31-,32+/m1/s1. The summed E-state index contributed by atoms with van der Waals surface area (Å²) in [7, 11) is -2.71. The number of Topliss-reactive ketones (excluding diaryl/α,β-unsaturated/α-hetero) is 1. The van der Waals surface area contributed by atoms with Gasteiger partial charge in [-0.1, -0.05) is 108 Å². The van der Waals surface area contributed by atoms with Crippen LogP contribution in [0.25, 0.3) is 0 Å². The second-order valence-electron chi connectivity index (χ2n) is 14.6. The van der Waals surface area contributed by atoms with Gasteiger partial charge in [0.2, 0.25) is 0 Å². The summed E-state index contributed by atoms with van der Waals surface area (Å²) in [6, 6.07) is 21.3. The first-order valence-electron chi connectivity index (χ1n) is 16.7. The highest BCUT2D eigenvalue weighted by atomic mass is 28.4. The molecule has 0 spiro atoms. The Morgan fingerprint density at radius 3 is 1.68 bits per heavy atom. The van der Waals surface area contributed by atoms with E-state index < -0.39 is 19.9 Å². The van der Waals surface area contributed by atoms with Gasteiger partial charge in [0.1, 0.15) is 5.78 Å². The van der Waals surface area contributed by atoms with Crippen LogP contribution >= 0.6 is 0 Å². The van der Waals surface area contributed by atoms with Crippen LogP contribution in [0.2, 0.25) is 5.04 Å². The molecular formula is C37H56O6Si. The highest BCUT2D eigenvalue weighted by molar-refractivity contribution is 6.99. The van der Waals surface area contributed by atoms with Crippen molar-refractivity contribution in [1.82, 2.24) is 0 Å². The number of ether oxygens (including phenoxy) is 4. The van der Waals surface area contributed by atoms with E-state index in [2.05, 4.69) is 88.4 Å². The van der Waals surface area contributed by atoms with E-state index in [1.807, 2.05) is 27.7 Å². The van der Waals surface area contributed by atoms with Gasteiger partial charge in [-0.05, 0) is 49.5 Å². The molecule has 7 heteroatoms. The van der Waals surface area contributed by atoms with Gasteiger partial charge in [0.25, 0.3) is 8.32 Å². The third-order valence-electron chi connectivity index (χ3n) is 8.80. The Labute approximate surface area is 267 Å². The molecule has 0 bridgehead atoms. The lowest BCUT2D eigenvalue weighted by atomic mass is 9.96. The van der Waals surface area contributed by atoms with Crippen molar-refractivity contribution in [3.63, 3.8) is 0 Å². The monoisotopic (exact) mass is 624 g/mol. The molecule has 2 aromatic rings. The minimum absolute atomic E-state index is 0.127. The molecule has 2 saturated heterocycles. The molecule has 44 heavy (non-hydrogen) atoms. The Kier molecular flexibility index (Phi) is 11.7. The molecular weight excluding hydrogens is 568 g/mol. The van der Waals surface area contributed by atoms with Crippen LogP contribution < -0.4 is 10.4 Å². The van der Waals surface area contributed by atoms with Crippen molar-refractivity contribution in [3.05, 3.63) is 60.7 Å². The molecule has 0 amide bonds. The van der Waals surface area contributed by atoms with E-state index in [0.29, 0.717) is 25.9 Å². The first-order chi connectivity index (χ1) is 20.7. The zero-order valence-electron chi connectivity index (χ0n) is 28.4. The molecule has 2 aromatic carbocycles. The fourth-order valence-electron chi connectivity index (χ4n) is 7.16. The normalized spacial score (nSPS) is 25.5. The lowest BCUT2D eigenvalue weighted by Crippen LogP contribution is -2.67. The van der Waals surface area contributed by atoms with E-state index in [4.69, 9.17) is 23.4 Å². The van der Waals surface area contributed by atoms with Gasteiger partial charge in [0, 0.05) is 25.7 Å². The van der Waals surface area contributed by atoms with Gasteiger partial charge in [-0.2, -0.15) is 0 Å². The number of carbonyl (C=O) groups excluding carboxylic acids is 1. The van der Waals surface area contributed by atoms with Gasteiger partial charge in [0.05, 0.1) is 31.0 Å². The van der Waals surface area contributed by atoms with Gasteiger partial charge in [-0.3, -0.25) is 4.79 Å². The predicted octanol–water partition coefficient (Wildman–Crippen LogP) is 7.31. The molecule has 0 aromatic heterocycles. The van der Waals surface area contributed by atoms with Gasteiger partial charge in [-0.15, -0.1) is 0 Å². The van der Waals surface area contributed by atoms with Crippen molar-refractivity contribution in [2.24, 2.45) is 0 Å². The average molecular weight is 625 g/mol. The largest absolute Gasteiger partial charge is 0.405 e. The van der Waals surface area contributed by atoms with Gasteiger partial charge in [0.15, 0.2) is 11.6 Å². The summed E-state index contributed by atoms with van der Waals surface area (Å²) in [4.78, 5) is 13.4. The first-order valence-corrected chi connectivity index (χ1v) is 18.6. The van der Waals surface area contributed by atoms with Crippen molar-refractivity contribution in [2.75, 3.05) is 6.61 Å². The summed E-state index contributed by atoms with van der Waals surface area (Å²) in [5.74, 6) is -1.33. The Morgan fingerprint density at radius 2 is 1.20 bits per heavy atom. The molecule has 0 saturated carbocycles. The number of carbonyl (C=O) groups is 1. The van der Waals surface area contributed by atoms with Crippen molar-refractivity contribution in [3.8, 4) is 0 Å². The summed E-state index contributed by atoms with van der Waals surface area (Å²) in [5, 5.41) is 2.35. The maximum Gasteiger partial charge on any atom is 0.261 e. The summed E-state index contributed by atoms with van der Waals surface area (Å²) in [5.41, 5.74) is 0. The molecule has 2 fully saturated rings. The maximum absolute atomic E-state index is 13.4. The van der Waals surface area contributed by atoms with Gasteiger partial charge >= 0.3 is 0 Å². The molecule has 0 unspecified atom stereocenters. The van der Waals surface area contributed by atoms with Gasteiger partial charge in [-0.25, -0.2) is 0 Å². The molecule has 0 aliphatic carbocycles. The van der Waals surface area contributed by atoms with Crippen molar-refractivity contribution in [2.45, 2.75) is 148 Å². The molecule has 6 nitrogen and oxygen atoms in total. The van der Waals surface area contributed by atoms with Crippen LogP contribution in [0.5, 0.6) is 0 Å². The third kappa shape index (κ3) is 9.11. The predicted molar refractivity (Wildman–Crippen MR) is 179 cm³/mol. The van der Waals surface area contributed by atoms with Crippen LogP contribution in [-0.2, 0) is 28.2 Å². The summed E-state index contributed by atoms with van der Waals surface area (Å²) in [6.45, 7) is 17.3. The SMILES string of the molecule is CCCCC[C@@H]1C[C@H](CC(=O)C[C@@H]2C[C@@H](CO[Si](c3ccccc3)(c3ccccc3)C(C)(C)C)OC(C)(C)O2)OC(C)(C)O1. The van der Waals surface area contributed by atoms with Crippen molar-refractivity contribution >= 4 is 24.5 Å². The second-order valence-corrected chi connectivity index (χ2v) is 19.0. The quantitative estimate of drug-likeness (QED) is 0.172. The fraction of sp³-hybridized carbons (Fsp3) is 0.649. The first kappa shape index (κ1) is 35.0. The van der Waals surface area contributed by atoms with E-state index in [1.54, 1.807) is 0 Å². The summed E-state index contributed by atoms with van der Waals surface area (Å²) in [6.07, 6.45) is 6.15. The minimum atomic E-state index is -2.71. The van der Waals surface area contributed by atoms with Crippen LogP contribution in [0.3, 0.4) is 0 Å². The number of rotatable bonds is 13. The lowest BCUT2D eigenvalue weighted by molar-refractivity contribution is -0.304. The molecule has 0 N–H and O–H groups in total. The zero-order valence-corrected chi connectivity index (χ0v) is 29.4. The van der Waals surface area contributed by atoms with Crippen LogP contribution in [-0.4, -0.2) is 56.7 Å². The topological polar surface area (TPSA) is 63.2 Å². The zero-order chi connectivity index (χ0) is 32.0. The fourth-order valence-corrected chi connectivity index (χ4v) is 11.8. The number of ketones is 1. The highest BCUT2D eigenvalue weighted by Crippen LogP contribution is 2.38. The van der Waals surface area contributed by atoms with Crippen molar-refractivity contribution < 1.29 is 28.2 Å². The van der Waals surface area contributed by atoms with Crippen LogP contribution in [0.4, 0.5) is 0 Å². The van der Waals surface area contributed by atoms with Crippen LogP contribution in [0, 0.1) is 0 Å². The van der Waals surface area contributed by atoms with E-state index in [1.165, 1.54) is 23.2 Å². The minimum Gasteiger partial charge on any atom is -0.405 e. The molecule has 2 aliphatic heterocycles. The summed E-state index contributed by atoms with van der Waals surface area (Å²) < 4.78 is 32.3. The van der Waals surface area contributed by atoms with Gasteiger partial charge < -0.3 is 23.4 Å². The molecule has 4 atom stereocenters. The Balaban J connectivity index is 1.45. The van der Waals surface area contributed by atoms with Crippen LogP contribution in [0.15, 0.2) is 60.7 Å². The maximum atomic E-state index is 13.4. The van der Waals surface area contributed by atoms with Crippen molar-refractivity contribution in [1.29, 1.82) is 0 Å². The third-order valence-corrected chi connectivity index (χ3v) is 13.8. The highest BCUT2D eigenvalue weighted by Gasteiger charge is 2.51. The number of hydrogen-bond donors (Lipinski definition) is 0. The Bertz CT molecular complexity index is 1140. The average Bonchev–Trinajstić information content (AvgIpc) is 2.92. The second kappa shape index (κ2) is 14.7. The lowest BCUT2D eigenvalue weighted by Gasteiger charge is -2.46. The Hall–Kier alpha value is -1.87. The van der Waals surface area contributed by atoms with E-state index in [0.717, 1.165) is 19.3 Å². The smallest absolute Gasteiger partial charge is 0.261 e. The molecule has 2 heterocycles. The number of benzene rings is 2. The molecule has 2 aliphatic rings. The molecule has 244 valence electrons. The molecule has 4 rings (SSSR count). The van der Waals surface area contributed by atoms with E-state index in [9.17, 15) is 4.79 Å². The number of hydrogen-bond acceptors (Lipinski definition) is 6. The van der Waals surface area contributed by atoms with E-state index >= 15 is 0 Å². The number of unbranched alkanes of at least 4 members (excludes halogenated alkanes) is 2. The van der Waals surface area contributed by atoms with E-state index in [-0.39, 0.29) is 35.2 Å². The molecule has 0 radical (unpaired) electrons. The van der Waals surface area contributed by atoms with Crippen LogP contribution in [0.1, 0.15) is 107 Å². The summed E-state index contributed by atoms with van der Waals surface area (Å²) >= 11 is 0.